The van der Waals surface area contributed by atoms with Gasteiger partial charge >= 0.3 is 0 Å². The Morgan fingerprint density at radius 3 is 2.53 bits per heavy atom. The van der Waals surface area contributed by atoms with E-state index in [-0.39, 0.29) is 7.33 Å². The molecule has 0 saturated carbocycles. The van der Waals surface area contributed by atoms with E-state index in [1.54, 1.807) is 4.90 Å². The summed E-state index contributed by atoms with van der Waals surface area (Å²) in [5, 5.41) is 3.46. The normalized spacial score (nSPS) is 19.1. The summed E-state index contributed by atoms with van der Waals surface area (Å²) >= 11 is 0. The molecule has 1 aliphatic rings. The average molecular weight is 215 g/mol. The SMILES string of the molecule is CCNC1CCN(CC(=O)N(C)C)CC1.[HH]. The van der Waals surface area contributed by atoms with Gasteiger partial charge in [0.05, 0.1) is 6.54 Å². The largest absolute Gasteiger partial charge is 0.348 e. The fraction of sp³-hybridized carbons (Fsp3) is 0.909. The zero-order chi connectivity index (χ0) is 11.3. The predicted octanol–water partition coefficient (Wildman–Crippen LogP) is 0.395. The van der Waals surface area contributed by atoms with Gasteiger partial charge in [-0.15, -0.1) is 0 Å². The van der Waals surface area contributed by atoms with Crippen molar-refractivity contribution in [3.05, 3.63) is 0 Å². The van der Waals surface area contributed by atoms with Crippen molar-refractivity contribution in [3.63, 3.8) is 0 Å². The van der Waals surface area contributed by atoms with Crippen LogP contribution in [-0.2, 0) is 4.79 Å². The zero-order valence-electron chi connectivity index (χ0n) is 10.1. The molecule has 4 nitrogen and oxygen atoms in total. The molecular formula is C11H25N3O. The molecule has 1 aliphatic heterocycles. The third-order valence-electron chi connectivity index (χ3n) is 2.94. The highest BCUT2D eigenvalue weighted by atomic mass is 16.2. The second-order valence-electron chi connectivity index (χ2n) is 4.40. The fourth-order valence-corrected chi connectivity index (χ4v) is 1.92. The Morgan fingerprint density at radius 1 is 1.47 bits per heavy atom. The molecule has 0 aliphatic carbocycles. The maximum Gasteiger partial charge on any atom is 0.236 e. The molecule has 1 amide bonds. The molecule has 1 N–H and O–H groups in total. The van der Waals surface area contributed by atoms with E-state index in [0.717, 1.165) is 32.5 Å². The van der Waals surface area contributed by atoms with Gasteiger partial charge in [0.1, 0.15) is 0 Å². The number of hydrogen-bond donors (Lipinski definition) is 1. The van der Waals surface area contributed by atoms with Crippen LogP contribution in [-0.4, -0.2) is 62.0 Å². The number of piperidine rings is 1. The lowest BCUT2D eigenvalue weighted by molar-refractivity contribution is -0.130. The lowest BCUT2D eigenvalue weighted by atomic mass is 10.1. The Balaban J connectivity index is 0.00000225. The predicted molar refractivity (Wildman–Crippen MR) is 63.9 cm³/mol. The first-order chi connectivity index (χ1) is 7.13. The second kappa shape index (κ2) is 6.08. The topological polar surface area (TPSA) is 35.6 Å². The van der Waals surface area contributed by atoms with Crippen LogP contribution in [0.25, 0.3) is 0 Å². The number of amides is 1. The molecule has 1 heterocycles. The molecule has 1 saturated heterocycles. The fourth-order valence-electron chi connectivity index (χ4n) is 1.92. The quantitative estimate of drug-likeness (QED) is 0.737. The molecule has 4 heteroatoms. The van der Waals surface area contributed by atoms with Crippen LogP contribution >= 0.6 is 0 Å². The van der Waals surface area contributed by atoms with E-state index in [1.165, 1.54) is 0 Å². The van der Waals surface area contributed by atoms with Crippen LogP contribution < -0.4 is 5.32 Å². The molecule has 0 atom stereocenters. The summed E-state index contributed by atoms with van der Waals surface area (Å²) in [6.07, 6.45) is 2.32. The van der Waals surface area contributed by atoms with Crippen molar-refractivity contribution in [1.82, 2.24) is 15.1 Å². The molecule has 0 radical (unpaired) electrons. The van der Waals surface area contributed by atoms with Crippen LogP contribution in [0, 0.1) is 0 Å². The van der Waals surface area contributed by atoms with Crippen molar-refractivity contribution in [2.45, 2.75) is 25.8 Å². The summed E-state index contributed by atoms with van der Waals surface area (Å²) < 4.78 is 0. The smallest absolute Gasteiger partial charge is 0.236 e. The minimum atomic E-state index is 0. The molecule has 90 valence electrons. The highest BCUT2D eigenvalue weighted by Gasteiger charge is 2.20. The van der Waals surface area contributed by atoms with Crippen molar-refractivity contribution in [2.24, 2.45) is 0 Å². The molecule has 0 spiro atoms. The monoisotopic (exact) mass is 215 g/mol. The van der Waals surface area contributed by atoms with E-state index >= 15 is 0 Å². The summed E-state index contributed by atoms with van der Waals surface area (Å²) in [7, 11) is 3.63. The highest BCUT2D eigenvalue weighted by molar-refractivity contribution is 5.77. The number of nitrogens with one attached hydrogen (secondary N) is 1. The van der Waals surface area contributed by atoms with Gasteiger partial charge in [-0.1, -0.05) is 6.92 Å². The number of likely N-dealkylation sites (N-methyl/N-ethyl adjacent to an activating group) is 1. The summed E-state index contributed by atoms with van der Waals surface area (Å²) in [6.45, 7) is 5.84. The van der Waals surface area contributed by atoms with E-state index in [4.69, 9.17) is 0 Å². The Hall–Kier alpha value is -0.610. The molecule has 0 bridgehead atoms. The van der Waals surface area contributed by atoms with E-state index in [2.05, 4.69) is 17.1 Å². The number of carbonyl (C=O) groups is 1. The van der Waals surface area contributed by atoms with E-state index in [1.807, 2.05) is 14.1 Å². The minimum absolute atomic E-state index is 0. The number of rotatable bonds is 4. The molecule has 0 aromatic carbocycles. The first kappa shape index (κ1) is 12.5. The summed E-state index contributed by atoms with van der Waals surface area (Å²) in [6, 6.07) is 0.653. The molecule has 0 aromatic heterocycles. The van der Waals surface area contributed by atoms with Gasteiger partial charge < -0.3 is 10.2 Å². The molecular weight excluding hydrogens is 190 g/mol. The van der Waals surface area contributed by atoms with Gasteiger partial charge in [0.15, 0.2) is 0 Å². The summed E-state index contributed by atoms with van der Waals surface area (Å²) in [5.41, 5.74) is 0. The van der Waals surface area contributed by atoms with Crippen molar-refractivity contribution in [2.75, 3.05) is 40.3 Å². The van der Waals surface area contributed by atoms with Crippen LogP contribution in [0.5, 0.6) is 0 Å². The second-order valence-corrected chi connectivity index (χ2v) is 4.40. The Kier molecular flexibility index (Phi) is 5.05. The number of nitrogens with zero attached hydrogens (tertiary/aromatic N) is 2. The highest BCUT2D eigenvalue weighted by Crippen LogP contribution is 2.09. The molecule has 0 aromatic rings. The maximum atomic E-state index is 11.5. The Labute approximate surface area is 94.1 Å². The van der Waals surface area contributed by atoms with Crippen LogP contribution in [0.15, 0.2) is 0 Å². The molecule has 15 heavy (non-hydrogen) atoms. The van der Waals surface area contributed by atoms with Gasteiger partial charge in [-0.25, -0.2) is 0 Å². The van der Waals surface area contributed by atoms with Crippen molar-refractivity contribution in [1.29, 1.82) is 0 Å². The average Bonchev–Trinajstić information content (AvgIpc) is 2.21. The van der Waals surface area contributed by atoms with Crippen LogP contribution in [0.1, 0.15) is 21.2 Å². The molecule has 1 rings (SSSR count). The summed E-state index contributed by atoms with van der Waals surface area (Å²) in [4.78, 5) is 15.4. The van der Waals surface area contributed by atoms with Gasteiger partial charge in [0.25, 0.3) is 0 Å². The third-order valence-corrected chi connectivity index (χ3v) is 2.94. The van der Waals surface area contributed by atoms with Crippen LogP contribution in [0.3, 0.4) is 0 Å². The van der Waals surface area contributed by atoms with Crippen molar-refractivity contribution >= 4 is 5.91 Å². The van der Waals surface area contributed by atoms with Gasteiger partial charge in [0.2, 0.25) is 5.91 Å². The lowest BCUT2D eigenvalue weighted by Gasteiger charge is -2.32. The first-order valence-corrected chi connectivity index (χ1v) is 5.79. The number of carbonyl (C=O) groups excluding carboxylic acids is 1. The van der Waals surface area contributed by atoms with E-state index < -0.39 is 0 Å². The van der Waals surface area contributed by atoms with Gasteiger partial charge in [0, 0.05) is 34.7 Å². The van der Waals surface area contributed by atoms with Gasteiger partial charge in [-0.3, -0.25) is 9.69 Å². The molecule has 0 unspecified atom stereocenters. The van der Waals surface area contributed by atoms with Gasteiger partial charge in [-0.05, 0) is 19.4 Å². The van der Waals surface area contributed by atoms with E-state index in [9.17, 15) is 4.79 Å². The Bertz CT molecular complexity index is 203. The Morgan fingerprint density at radius 2 is 2.07 bits per heavy atom. The maximum absolute atomic E-state index is 11.5. The standard InChI is InChI=1S/C11H23N3O.H2/c1-4-12-10-5-7-14(8-6-10)9-11(15)13(2)3;/h10,12H,4-9H2,1-3H3;1H. The third kappa shape index (κ3) is 4.18. The number of likely N-dealkylation sites (tertiary alicyclic amines) is 1. The molecule has 1 fully saturated rings. The number of hydrogen-bond acceptors (Lipinski definition) is 3. The van der Waals surface area contributed by atoms with Crippen LogP contribution in [0.4, 0.5) is 0 Å². The summed E-state index contributed by atoms with van der Waals surface area (Å²) in [5.74, 6) is 0.205. The zero-order valence-corrected chi connectivity index (χ0v) is 10.1. The van der Waals surface area contributed by atoms with Crippen LogP contribution in [0.2, 0.25) is 0 Å². The lowest BCUT2D eigenvalue weighted by Crippen LogP contribution is -2.45. The first-order valence-electron chi connectivity index (χ1n) is 5.79. The van der Waals surface area contributed by atoms with E-state index in [0.29, 0.717) is 12.6 Å². The minimum Gasteiger partial charge on any atom is -0.348 e. The van der Waals surface area contributed by atoms with Gasteiger partial charge in [-0.2, -0.15) is 0 Å². The van der Waals surface area contributed by atoms with Crippen molar-refractivity contribution in [3.8, 4) is 0 Å². The van der Waals surface area contributed by atoms with Crippen molar-refractivity contribution < 1.29 is 6.22 Å².